The van der Waals surface area contributed by atoms with Crippen molar-refractivity contribution in [3.63, 3.8) is 0 Å². The first-order valence-corrected chi connectivity index (χ1v) is 18.7. The molecule has 0 saturated carbocycles. The number of hydrogen-bond acceptors (Lipinski definition) is 4. The predicted octanol–water partition coefficient (Wildman–Crippen LogP) is 10.7. The summed E-state index contributed by atoms with van der Waals surface area (Å²) < 4.78 is 4.91. The lowest BCUT2D eigenvalue weighted by atomic mass is 9.74. The van der Waals surface area contributed by atoms with Crippen molar-refractivity contribution >= 4 is 43.6 Å². The van der Waals surface area contributed by atoms with Crippen LogP contribution in [0, 0.1) is 0 Å². The third-order valence-electron chi connectivity index (χ3n) is 11.7. The third kappa shape index (κ3) is 4.16. The summed E-state index contributed by atoms with van der Waals surface area (Å²) in [5, 5.41) is 5.12. The van der Waals surface area contributed by atoms with E-state index in [1.54, 1.807) is 0 Å². The predicted molar refractivity (Wildman–Crippen MR) is 217 cm³/mol. The molecular weight excluding hydrogens is 661 g/mol. The Morgan fingerprint density at radius 1 is 0.426 bits per heavy atom. The summed E-state index contributed by atoms with van der Waals surface area (Å²) in [5.41, 5.74) is 20.0. The van der Waals surface area contributed by atoms with Gasteiger partial charge in [0.2, 0.25) is 0 Å². The molecule has 10 aromatic rings. The Morgan fingerprint density at radius 2 is 0.926 bits per heavy atom. The van der Waals surface area contributed by atoms with Crippen LogP contribution in [-0.4, -0.2) is 29.1 Å². The number of benzene rings is 4. The maximum Gasteiger partial charge on any atom is 0.0702 e. The van der Waals surface area contributed by atoms with Crippen LogP contribution in [0.5, 0.6) is 0 Å². The van der Waals surface area contributed by atoms with Gasteiger partial charge < -0.3 is 9.13 Å². The number of rotatable bonds is 4. The number of fused-ring (bicyclic) bond motifs is 8. The molecule has 12 rings (SSSR count). The van der Waals surface area contributed by atoms with E-state index < -0.39 is 0 Å². The molecule has 0 radical (unpaired) electrons. The molecule has 254 valence electrons. The highest BCUT2D eigenvalue weighted by Crippen LogP contribution is 2.51. The summed E-state index contributed by atoms with van der Waals surface area (Å²) in [6.07, 6.45) is 15.4. The zero-order valence-corrected chi connectivity index (χ0v) is 29.4. The van der Waals surface area contributed by atoms with Gasteiger partial charge in [0.25, 0.3) is 0 Å². The smallest absolute Gasteiger partial charge is 0.0702 e. The third-order valence-corrected chi connectivity index (χ3v) is 11.7. The summed E-state index contributed by atoms with van der Waals surface area (Å²) in [7, 11) is 0. The van der Waals surface area contributed by atoms with Crippen molar-refractivity contribution in [1.29, 1.82) is 0 Å². The van der Waals surface area contributed by atoms with E-state index in [1.807, 2.05) is 61.4 Å². The normalized spacial score (nSPS) is 13.3. The van der Waals surface area contributed by atoms with Crippen molar-refractivity contribution in [3.8, 4) is 45.0 Å². The minimum absolute atomic E-state index is 0.947. The fourth-order valence-corrected chi connectivity index (χ4v) is 9.55. The van der Waals surface area contributed by atoms with Gasteiger partial charge in [0.1, 0.15) is 0 Å². The SMILES string of the molecule is c1ccc(-c2ccc3c(c2)c2cc4c5c(c2n3-c2cccnc2)CCc2c-5c(cc3c5cc(-c6ccccn6)ccc5n(-c5cccnc5)c23)CC4)nc1. The zero-order chi connectivity index (χ0) is 35.3. The van der Waals surface area contributed by atoms with E-state index in [1.165, 1.54) is 77.0 Å². The molecule has 0 aliphatic heterocycles. The van der Waals surface area contributed by atoms with Gasteiger partial charge in [0.15, 0.2) is 0 Å². The second kappa shape index (κ2) is 11.3. The molecule has 4 aromatic carbocycles. The topological polar surface area (TPSA) is 61.4 Å². The molecule has 0 fully saturated rings. The van der Waals surface area contributed by atoms with E-state index in [0.717, 1.165) is 59.6 Å². The molecule has 0 saturated heterocycles. The lowest BCUT2D eigenvalue weighted by molar-refractivity contribution is 0.883. The highest BCUT2D eigenvalue weighted by Gasteiger charge is 2.33. The number of pyridine rings is 4. The van der Waals surface area contributed by atoms with Gasteiger partial charge in [-0.25, -0.2) is 0 Å². The van der Waals surface area contributed by atoms with Crippen LogP contribution in [-0.2, 0) is 25.7 Å². The molecule has 2 aliphatic carbocycles. The summed E-state index contributed by atoms with van der Waals surface area (Å²) in [4.78, 5) is 18.6. The average Bonchev–Trinajstić information content (AvgIpc) is 3.76. The Morgan fingerprint density at radius 3 is 1.35 bits per heavy atom. The number of hydrogen-bond donors (Lipinski definition) is 0. The molecule has 0 atom stereocenters. The van der Waals surface area contributed by atoms with Gasteiger partial charge in [-0.05, 0) is 144 Å². The Balaban J connectivity index is 1.17. The van der Waals surface area contributed by atoms with Crippen LogP contribution in [0.25, 0.3) is 88.6 Å². The van der Waals surface area contributed by atoms with E-state index in [2.05, 4.69) is 104 Å². The fraction of sp³-hybridized carbons (Fsp3) is 0.0833. The summed E-state index contributed by atoms with van der Waals surface area (Å²) in [5.74, 6) is 0. The first-order chi connectivity index (χ1) is 26.8. The van der Waals surface area contributed by atoms with Crippen LogP contribution in [0.1, 0.15) is 22.3 Å². The van der Waals surface area contributed by atoms with Crippen molar-refractivity contribution < 1.29 is 0 Å². The molecule has 54 heavy (non-hydrogen) atoms. The molecule has 6 heterocycles. The largest absolute Gasteiger partial charge is 0.307 e. The van der Waals surface area contributed by atoms with Crippen molar-refractivity contribution in [2.24, 2.45) is 0 Å². The van der Waals surface area contributed by atoms with Crippen LogP contribution < -0.4 is 0 Å². The molecule has 2 aliphatic rings. The second-order valence-corrected chi connectivity index (χ2v) is 14.6. The first kappa shape index (κ1) is 29.6. The minimum atomic E-state index is 0.947. The first-order valence-electron chi connectivity index (χ1n) is 18.7. The Hall–Kier alpha value is -6.92. The maximum atomic E-state index is 4.70. The number of aromatic nitrogens is 6. The minimum Gasteiger partial charge on any atom is -0.307 e. The Bertz CT molecular complexity index is 2910. The van der Waals surface area contributed by atoms with Crippen LogP contribution in [0.3, 0.4) is 0 Å². The van der Waals surface area contributed by atoms with Crippen LogP contribution in [0.4, 0.5) is 0 Å². The quantitative estimate of drug-likeness (QED) is 0.184. The van der Waals surface area contributed by atoms with Crippen molar-refractivity contribution in [2.45, 2.75) is 25.7 Å². The molecule has 6 heteroatoms. The zero-order valence-electron chi connectivity index (χ0n) is 29.4. The van der Waals surface area contributed by atoms with Crippen LogP contribution >= 0.6 is 0 Å². The van der Waals surface area contributed by atoms with Gasteiger partial charge in [0.05, 0.1) is 57.2 Å². The van der Waals surface area contributed by atoms with Gasteiger partial charge in [-0.15, -0.1) is 0 Å². The Kier molecular flexibility index (Phi) is 6.20. The lowest BCUT2D eigenvalue weighted by Gasteiger charge is -2.31. The van der Waals surface area contributed by atoms with E-state index in [9.17, 15) is 0 Å². The van der Waals surface area contributed by atoms with E-state index in [0.29, 0.717) is 0 Å². The van der Waals surface area contributed by atoms with Gasteiger partial charge >= 0.3 is 0 Å². The average molecular weight is 693 g/mol. The van der Waals surface area contributed by atoms with Gasteiger partial charge in [-0.1, -0.05) is 24.3 Å². The fourth-order valence-electron chi connectivity index (χ4n) is 9.55. The van der Waals surface area contributed by atoms with Gasteiger partial charge in [0, 0.05) is 57.5 Å². The van der Waals surface area contributed by atoms with Crippen molar-refractivity contribution in [3.05, 3.63) is 169 Å². The van der Waals surface area contributed by atoms with E-state index in [-0.39, 0.29) is 0 Å². The standard InChI is InChI=1S/C48H32N6/c1-3-21-51-41(9-1)29-13-17-43-37(23-29)39-25-31-11-12-32-26-40-38-24-30(42-10-2-4-22-52-42)14-18-44(38)54(34-8-6-20-50-28-34)48(40)36-16-15-35(45(31)46(32)36)47(39)53(43)33-7-5-19-49-27-33/h1-10,13-14,17-28H,11-12,15-16H2. The number of nitrogens with zero attached hydrogens (tertiary/aromatic N) is 6. The van der Waals surface area contributed by atoms with Crippen LogP contribution in [0.2, 0.25) is 0 Å². The maximum absolute atomic E-state index is 4.70. The molecular formula is C48H32N6. The highest BCUT2D eigenvalue weighted by atomic mass is 15.0. The summed E-state index contributed by atoms with van der Waals surface area (Å²) in [6.45, 7) is 0. The summed E-state index contributed by atoms with van der Waals surface area (Å²) >= 11 is 0. The Labute approximate surface area is 311 Å². The molecule has 0 spiro atoms. The van der Waals surface area contributed by atoms with E-state index >= 15 is 0 Å². The summed E-state index contributed by atoms with van der Waals surface area (Å²) in [6, 6.07) is 39.4. The second-order valence-electron chi connectivity index (χ2n) is 14.6. The van der Waals surface area contributed by atoms with E-state index in [4.69, 9.17) is 9.97 Å². The molecule has 0 amide bonds. The van der Waals surface area contributed by atoms with Crippen LogP contribution in [0.15, 0.2) is 146 Å². The molecule has 0 bridgehead atoms. The molecule has 6 nitrogen and oxygen atoms in total. The molecule has 6 aromatic heterocycles. The monoisotopic (exact) mass is 692 g/mol. The molecule has 0 N–H and O–H groups in total. The highest BCUT2D eigenvalue weighted by molar-refractivity contribution is 6.16. The molecule has 0 unspecified atom stereocenters. The van der Waals surface area contributed by atoms with Crippen molar-refractivity contribution in [2.75, 3.05) is 0 Å². The van der Waals surface area contributed by atoms with Gasteiger partial charge in [-0.2, -0.15) is 0 Å². The lowest BCUT2D eigenvalue weighted by Crippen LogP contribution is -2.16. The van der Waals surface area contributed by atoms with Crippen molar-refractivity contribution in [1.82, 2.24) is 29.1 Å². The number of aryl methyl sites for hydroxylation is 4. The van der Waals surface area contributed by atoms with Gasteiger partial charge in [-0.3, -0.25) is 19.9 Å².